The molecule has 0 aliphatic carbocycles. The zero-order valence-corrected chi connectivity index (χ0v) is 22.0. The number of methoxy groups -OCH3 is 1. The van der Waals surface area contributed by atoms with Gasteiger partial charge in [0.2, 0.25) is 0 Å². The number of ether oxygens (including phenoxy) is 5. The maximum absolute atomic E-state index is 6.11. The number of aryl methyl sites for hydroxylation is 2. The lowest BCUT2D eigenvalue weighted by molar-refractivity contribution is -0.901. The Kier molecular flexibility index (Phi) is 12.6. The molecule has 2 aromatic carbocycles. The normalized spacial score (nSPS) is 11.7. The molecule has 0 N–H and O–H groups in total. The molecule has 6 nitrogen and oxygen atoms in total. The number of hydrogen-bond donors (Lipinski definition) is 0. The van der Waals surface area contributed by atoms with Crippen LogP contribution in [0.1, 0.15) is 23.6 Å². The molecular weight excluding hydrogens is 430 g/mol. The molecule has 0 bridgehead atoms. The Morgan fingerprint density at radius 3 is 1.97 bits per heavy atom. The summed E-state index contributed by atoms with van der Waals surface area (Å²) in [6.45, 7) is 13.0. The van der Waals surface area contributed by atoms with Gasteiger partial charge in [-0.2, -0.15) is 0 Å². The van der Waals surface area contributed by atoms with Gasteiger partial charge in [0.1, 0.15) is 18.9 Å². The van der Waals surface area contributed by atoms with E-state index in [9.17, 15) is 0 Å². The van der Waals surface area contributed by atoms with Crippen molar-refractivity contribution in [2.75, 3.05) is 80.6 Å². The van der Waals surface area contributed by atoms with Crippen molar-refractivity contribution in [3.63, 3.8) is 0 Å². The highest BCUT2D eigenvalue weighted by atomic mass is 16.6. The molecular formula is C28H44NO5+. The highest BCUT2D eigenvalue weighted by Gasteiger charge is 2.15. The maximum atomic E-state index is 6.11. The van der Waals surface area contributed by atoms with E-state index >= 15 is 0 Å². The van der Waals surface area contributed by atoms with Gasteiger partial charge in [-0.15, -0.1) is 0 Å². The first-order valence-electron chi connectivity index (χ1n) is 12.2. The van der Waals surface area contributed by atoms with Crippen LogP contribution < -0.4 is 4.74 Å². The molecule has 6 heteroatoms. The quantitative estimate of drug-likeness (QED) is 0.247. The number of nitrogens with zero attached hydrogens (tertiary/aromatic N) is 1. The molecule has 0 heterocycles. The second kappa shape index (κ2) is 15.1. The summed E-state index contributed by atoms with van der Waals surface area (Å²) in [7, 11) is 6.17. The molecule has 0 aliphatic heterocycles. The summed E-state index contributed by atoms with van der Waals surface area (Å²) in [4.78, 5) is 0. The summed E-state index contributed by atoms with van der Waals surface area (Å²) >= 11 is 0. The minimum Gasteiger partial charge on any atom is -0.491 e. The Morgan fingerprint density at radius 1 is 0.735 bits per heavy atom. The third kappa shape index (κ3) is 10.5. The molecule has 34 heavy (non-hydrogen) atoms. The molecule has 0 amide bonds. The van der Waals surface area contributed by atoms with E-state index in [0.29, 0.717) is 52.9 Å². The fourth-order valence-electron chi connectivity index (χ4n) is 3.55. The van der Waals surface area contributed by atoms with Gasteiger partial charge in [0.25, 0.3) is 0 Å². The number of hydrogen-bond acceptors (Lipinski definition) is 5. The monoisotopic (exact) mass is 474 g/mol. The molecule has 0 unspecified atom stereocenters. The molecule has 0 radical (unpaired) electrons. The van der Waals surface area contributed by atoms with Crippen LogP contribution in [0.15, 0.2) is 36.4 Å². The van der Waals surface area contributed by atoms with Crippen LogP contribution in [0.2, 0.25) is 0 Å². The molecule has 190 valence electrons. The molecule has 2 aromatic rings. The van der Waals surface area contributed by atoms with Crippen LogP contribution in [0.25, 0.3) is 11.1 Å². The van der Waals surface area contributed by atoms with Crippen molar-refractivity contribution in [3.8, 4) is 16.9 Å². The summed E-state index contributed by atoms with van der Waals surface area (Å²) in [5.41, 5.74) is 6.27. The predicted molar refractivity (Wildman–Crippen MR) is 138 cm³/mol. The predicted octanol–water partition coefficient (Wildman–Crippen LogP) is 4.64. The van der Waals surface area contributed by atoms with E-state index in [0.717, 1.165) is 23.3 Å². The van der Waals surface area contributed by atoms with Crippen molar-refractivity contribution in [2.24, 2.45) is 0 Å². The van der Waals surface area contributed by atoms with Crippen LogP contribution in [-0.2, 0) is 25.5 Å². The fourth-order valence-corrected chi connectivity index (χ4v) is 3.55. The molecule has 0 aromatic heterocycles. The summed E-state index contributed by atoms with van der Waals surface area (Å²) in [5, 5.41) is 0. The van der Waals surface area contributed by atoms with Crippen LogP contribution in [0.3, 0.4) is 0 Å². The van der Waals surface area contributed by atoms with Crippen LogP contribution in [0.4, 0.5) is 0 Å². The van der Waals surface area contributed by atoms with Crippen LogP contribution >= 0.6 is 0 Å². The molecule has 0 atom stereocenters. The third-order valence-electron chi connectivity index (χ3n) is 5.81. The Hall–Kier alpha value is -1.96. The minimum absolute atomic E-state index is 0.502. The van der Waals surface area contributed by atoms with Gasteiger partial charge < -0.3 is 28.2 Å². The summed E-state index contributed by atoms with van der Waals surface area (Å²) in [5.74, 6) is 0.887. The average Bonchev–Trinajstić information content (AvgIpc) is 2.81. The van der Waals surface area contributed by atoms with Crippen LogP contribution in [0, 0.1) is 13.8 Å². The van der Waals surface area contributed by atoms with Crippen LogP contribution in [0.5, 0.6) is 5.75 Å². The van der Waals surface area contributed by atoms with E-state index in [4.69, 9.17) is 23.7 Å². The second-order valence-electron chi connectivity index (χ2n) is 9.27. The first kappa shape index (κ1) is 28.3. The molecule has 0 fully saturated rings. The van der Waals surface area contributed by atoms with Gasteiger partial charge in [-0.3, -0.25) is 0 Å². The maximum Gasteiger partial charge on any atom is 0.120 e. The van der Waals surface area contributed by atoms with E-state index in [-0.39, 0.29) is 0 Å². The second-order valence-corrected chi connectivity index (χ2v) is 9.27. The highest BCUT2D eigenvalue weighted by molar-refractivity contribution is 5.70. The fraction of sp³-hybridized carbons (Fsp3) is 0.571. The lowest BCUT2D eigenvalue weighted by Crippen LogP contribution is -2.38. The average molecular weight is 475 g/mol. The van der Waals surface area contributed by atoms with Gasteiger partial charge in [0.15, 0.2) is 0 Å². The zero-order valence-electron chi connectivity index (χ0n) is 22.0. The molecule has 2 rings (SSSR count). The molecule has 0 spiro atoms. The summed E-state index contributed by atoms with van der Waals surface area (Å²) in [6, 6.07) is 13.2. The topological polar surface area (TPSA) is 46.2 Å². The van der Waals surface area contributed by atoms with E-state index < -0.39 is 0 Å². The van der Waals surface area contributed by atoms with Gasteiger partial charge in [0.05, 0.1) is 66.9 Å². The van der Waals surface area contributed by atoms with E-state index in [2.05, 4.69) is 71.3 Å². The van der Waals surface area contributed by atoms with Crippen molar-refractivity contribution >= 4 is 0 Å². The summed E-state index contributed by atoms with van der Waals surface area (Å²) in [6.07, 6.45) is 0. The highest BCUT2D eigenvalue weighted by Crippen LogP contribution is 2.30. The molecule has 0 saturated heterocycles. The molecule has 0 saturated carbocycles. The Labute approximate surface area is 206 Å². The smallest absolute Gasteiger partial charge is 0.120 e. The Bertz CT molecular complexity index is 853. The van der Waals surface area contributed by atoms with Crippen molar-refractivity contribution in [2.45, 2.75) is 27.3 Å². The van der Waals surface area contributed by atoms with Crippen molar-refractivity contribution in [1.29, 1.82) is 0 Å². The van der Waals surface area contributed by atoms with Gasteiger partial charge in [0, 0.05) is 12.7 Å². The van der Waals surface area contributed by atoms with Crippen molar-refractivity contribution < 1.29 is 28.2 Å². The van der Waals surface area contributed by atoms with Crippen molar-refractivity contribution in [1.82, 2.24) is 0 Å². The number of rotatable bonds is 17. The first-order chi connectivity index (χ1) is 16.3. The number of quaternary nitrogens is 1. The SMILES string of the molecule is CC[N+](C)(C)Cc1cc(OCCOCCOCCOCCOC)cc(-c2cc(C)ccc2C)c1. The van der Waals surface area contributed by atoms with E-state index in [1.165, 1.54) is 27.8 Å². The van der Waals surface area contributed by atoms with Crippen molar-refractivity contribution in [3.05, 3.63) is 53.1 Å². The van der Waals surface area contributed by atoms with Gasteiger partial charge in [-0.25, -0.2) is 0 Å². The lowest BCUT2D eigenvalue weighted by atomic mass is 9.96. The zero-order chi connectivity index (χ0) is 24.8. The van der Waals surface area contributed by atoms with E-state index in [1.807, 2.05) is 0 Å². The van der Waals surface area contributed by atoms with Crippen LogP contribution in [-0.4, -0.2) is 85.1 Å². The standard InChI is InChI=1S/C28H44NO5/c1-7-29(4,5)22-25-19-26(28-18-23(2)8-9-24(28)3)21-27(20-25)34-17-16-33-15-14-32-13-12-31-11-10-30-6/h8-9,18-21H,7,10-17,22H2,1-6H3/q+1. The van der Waals surface area contributed by atoms with Gasteiger partial charge in [-0.1, -0.05) is 23.8 Å². The van der Waals surface area contributed by atoms with E-state index in [1.54, 1.807) is 7.11 Å². The lowest BCUT2D eigenvalue weighted by Gasteiger charge is -2.28. The minimum atomic E-state index is 0.502. The largest absolute Gasteiger partial charge is 0.491 e. The third-order valence-corrected chi connectivity index (χ3v) is 5.81. The number of benzene rings is 2. The Morgan fingerprint density at radius 2 is 1.35 bits per heavy atom. The first-order valence-corrected chi connectivity index (χ1v) is 12.2. The van der Waals surface area contributed by atoms with Gasteiger partial charge >= 0.3 is 0 Å². The molecule has 0 aliphatic rings. The Balaban J connectivity index is 1.88. The summed E-state index contributed by atoms with van der Waals surface area (Å²) < 4.78 is 28.5. The van der Waals surface area contributed by atoms with Gasteiger partial charge in [-0.05, 0) is 55.7 Å².